The summed E-state index contributed by atoms with van der Waals surface area (Å²) >= 11 is 0. The molecule has 0 saturated carbocycles. The normalized spacial score (nSPS) is 20.6. The zero-order chi connectivity index (χ0) is 17.6. The van der Waals surface area contributed by atoms with Gasteiger partial charge in [-0.1, -0.05) is 12.1 Å². The number of para-hydroxylation sites is 1. The molecule has 1 N–H and O–H groups in total. The lowest BCUT2D eigenvalue weighted by Crippen LogP contribution is -2.46. The highest BCUT2D eigenvalue weighted by molar-refractivity contribution is 5.67. The molecule has 1 fully saturated rings. The smallest absolute Gasteiger partial charge is 0.409 e. The van der Waals surface area contributed by atoms with Gasteiger partial charge in [0.25, 0.3) is 0 Å². The van der Waals surface area contributed by atoms with Crippen LogP contribution in [-0.4, -0.2) is 57.0 Å². The zero-order valence-corrected chi connectivity index (χ0v) is 15.1. The Morgan fingerprint density at radius 2 is 2.16 bits per heavy atom. The van der Waals surface area contributed by atoms with Crippen molar-refractivity contribution in [3.8, 4) is 11.5 Å². The summed E-state index contributed by atoms with van der Waals surface area (Å²) < 4.78 is 16.4. The third kappa shape index (κ3) is 4.37. The average molecular weight is 348 g/mol. The number of carbonyl (C=O) groups excluding carboxylic acids is 1. The minimum absolute atomic E-state index is 0.188. The van der Waals surface area contributed by atoms with Gasteiger partial charge in [-0.05, 0) is 37.8 Å². The molecule has 1 unspecified atom stereocenters. The molecule has 0 spiro atoms. The molecule has 1 saturated heterocycles. The van der Waals surface area contributed by atoms with Crippen LogP contribution in [0.1, 0.15) is 25.3 Å². The maximum Gasteiger partial charge on any atom is 0.409 e. The van der Waals surface area contributed by atoms with Gasteiger partial charge in [0.2, 0.25) is 0 Å². The molecule has 1 aromatic carbocycles. The number of amides is 1. The molecule has 2 aliphatic rings. The van der Waals surface area contributed by atoms with Crippen LogP contribution in [-0.2, 0) is 11.2 Å². The van der Waals surface area contributed by atoms with E-state index in [4.69, 9.17) is 14.2 Å². The van der Waals surface area contributed by atoms with Gasteiger partial charge in [0.05, 0.1) is 20.3 Å². The number of benzene rings is 1. The van der Waals surface area contributed by atoms with Crippen molar-refractivity contribution in [1.29, 1.82) is 0 Å². The predicted octanol–water partition coefficient (Wildman–Crippen LogP) is 2.46. The Balaban J connectivity index is 1.44. The minimum Gasteiger partial charge on any atom is -0.493 e. The maximum atomic E-state index is 11.7. The first-order chi connectivity index (χ1) is 12.2. The second kappa shape index (κ2) is 8.43. The van der Waals surface area contributed by atoms with E-state index in [0.29, 0.717) is 25.2 Å². The molecule has 2 aliphatic heterocycles. The van der Waals surface area contributed by atoms with E-state index in [1.807, 2.05) is 19.1 Å². The number of carbonyl (C=O) groups is 1. The van der Waals surface area contributed by atoms with Gasteiger partial charge in [-0.3, -0.25) is 0 Å². The van der Waals surface area contributed by atoms with Crippen LogP contribution in [0.15, 0.2) is 18.2 Å². The number of ether oxygens (including phenoxy) is 3. The van der Waals surface area contributed by atoms with Gasteiger partial charge in [-0.2, -0.15) is 0 Å². The third-order valence-corrected chi connectivity index (χ3v) is 4.97. The van der Waals surface area contributed by atoms with E-state index in [0.717, 1.165) is 50.4 Å². The number of hydrogen-bond acceptors (Lipinski definition) is 5. The van der Waals surface area contributed by atoms with Gasteiger partial charge in [-0.25, -0.2) is 4.79 Å². The molecular weight excluding hydrogens is 320 g/mol. The van der Waals surface area contributed by atoms with Crippen LogP contribution in [0.25, 0.3) is 0 Å². The minimum atomic E-state index is -0.188. The summed E-state index contributed by atoms with van der Waals surface area (Å²) in [6, 6.07) is 6.52. The zero-order valence-electron chi connectivity index (χ0n) is 15.1. The quantitative estimate of drug-likeness (QED) is 0.886. The second-order valence-corrected chi connectivity index (χ2v) is 6.70. The van der Waals surface area contributed by atoms with Gasteiger partial charge in [0.15, 0.2) is 11.5 Å². The lowest BCUT2D eigenvalue weighted by atomic mass is 9.95. The average Bonchev–Trinajstić information content (AvgIpc) is 2.66. The topological polar surface area (TPSA) is 60.0 Å². The molecule has 2 heterocycles. The molecule has 1 amide bonds. The van der Waals surface area contributed by atoms with E-state index in [9.17, 15) is 4.79 Å². The first kappa shape index (κ1) is 17.9. The Labute approximate surface area is 149 Å². The van der Waals surface area contributed by atoms with Gasteiger partial charge in [-0.15, -0.1) is 0 Å². The predicted molar refractivity (Wildman–Crippen MR) is 95.3 cm³/mol. The number of nitrogens with one attached hydrogen (secondary N) is 1. The molecule has 3 rings (SSSR count). The fourth-order valence-electron chi connectivity index (χ4n) is 3.56. The Kier molecular flexibility index (Phi) is 6.02. The van der Waals surface area contributed by atoms with E-state index in [2.05, 4.69) is 11.4 Å². The number of likely N-dealkylation sites (tertiary alicyclic amines) is 1. The number of hydrogen-bond donors (Lipinski definition) is 1. The fraction of sp³-hybridized carbons (Fsp3) is 0.632. The van der Waals surface area contributed by atoms with Crippen LogP contribution in [0.2, 0.25) is 0 Å². The van der Waals surface area contributed by atoms with E-state index in [-0.39, 0.29) is 6.09 Å². The van der Waals surface area contributed by atoms with E-state index < -0.39 is 0 Å². The van der Waals surface area contributed by atoms with Crippen LogP contribution in [0, 0.1) is 5.92 Å². The highest BCUT2D eigenvalue weighted by Gasteiger charge is 2.26. The summed E-state index contributed by atoms with van der Waals surface area (Å²) in [5.74, 6) is 2.17. The molecule has 0 bridgehead atoms. The first-order valence-electron chi connectivity index (χ1n) is 9.15. The standard InChI is InChI=1S/C19H28N2O4/c1-3-24-19(22)21-9-7-16(8-10-21)20-12-14-11-15-5-4-6-17(23-2)18(15)25-13-14/h4-6,14,16,20H,3,7-13H2,1-2H3. The monoisotopic (exact) mass is 348 g/mol. The highest BCUT2D eigenvalue weighted by Crippen LogP contribution is 2.35. The van der Waals surface area contributed by atoms with Crippen LogP contribution in [0.5, 0.6) is 11.5 Å². The summed E-state index contributed by atoms with van der Waals surface area (Å²) in [5.41, 5.74) is 1.22. The van der Waals surface area contributed by atoms with E-state index in [1.165, 1.54) is 5.56 Å². The van der Waals surface area contributed by atoms with Crippen molar-refractivity contribution in [3.05, 3.63) is 23.8 Å². The van der Waals surface area contributed by atoms with Crippen LogP contribution < -0.4 is 14.8 Å². The van der Waals surface area contributed by atoms with E-state index in [1.54, 1.807) is 12.0 Å². The van der Waals surface area contributed by atoms with Crippen molar-refractivity contribution < 1.29 is 19.0 Å². The molecule has 0 radical (unpaired) electrons. The lowest BCUT2D eigenvalue weighted by Gasteiger charge is -2.33. The second-order valence-electron chi connectivity index (χ2n) is 6.70. The summed E-state index contributed by atoms with van der Waals surface area (Å²) in [5, 5.41) is 3.65. The molecule has 6 heteroatoms. The number of rotatable bonds is 5. The third-order valence-electron chi connectivity index (χ3n) is 4.97. The summed E-state index contributed by atoms with van der Waals surface area (Å²) in [6.45, 7) is 5.44. The largest absolute Gasteiger partial charge is 0.493 e. The summed E-state index contributed by atoms with van der Waals surface area (Å²) in [4.78, 5) is 13.5. The summed E-state index contributed by atoms with van der Waals surface area (Å²) in [7, 11) is 1.68. The Hall–Kier alpha value is -1.95. The van der Waals surface area contributed by atoms with Crippen molar-refractivity contribution in [1.82, 2.24) is 10.2 Å². The lowest BCUT2D eigenvalue weighted by molar-refractivity contribution is 0.0943. The molecule has 1 atom stereocenters. The fourth-order valence-corrected chi connectivity index (χ4v) is 3.56. The molecule has 0 aromatic heterocycles. The number of methoxy groups -OCH3 is 1. The molecule has 6 nitrogen and oxygen atoms in total. The first-order valence-corrected chi connectivity index (χ1v) is 9.15. The number of piperidine rings is 1. The van der Waals surface area contributed by atoms with Crippen molar-refractivity contribution in [2.45, 2.75) is 32.2 Å². The molecular formula is C19H28N2O4. The molecule has 138 valence electrons. The Bertz CT molecular complexity index is 585. The van der Waals surface area contributed by atoms with Crippen molar-refractivity contribution in [3.63, 3.8) is 0 Å². The molecule has 0 aliphatic carbocycles. The van der Waals surface area contributed by atoms with Crippen molar-refractivity contribution in [2.24, 2.45) is 5.92 Å². The maximum absolute atomic E-state index is 11.7. The summed E-state index contributed by atoms with van der Waals surface area (Å²) in [6.07, 6.45) is 2.75. The Morgan fingerprint density at radius 3 is 2.88 bits per heavy atom. The van der Waals surface area contributed by atoms with Gasteiger partial charge < -0.3 is 24.4 Å². The van der Waals surface area contributed by atoms with Gasteiger partial charge >= 0.3 is 6.09 Å². The number of nitrogens with zero attached hydrogens (tertiary/aromatic N) is 1. The van der Waals surface area contributed by atoms with Crippen LogP contribution in [0.4, 0.5) is 4.79 Å². The van der Waals surface area contributed by atoms with Crippen LogP contribution >= 0.6 is 0 Å². The van der Waals surface area contributed by atoms with Crippen molar-refractivity contribution in [2.75, 3.05) is 40.0 Å². The van der Waals surface area contributed by atoms with Crippen LogP contribution in [0.3, 0.4) is 0 Å². The number of fused-ring (bicyclic) bond motifs is 1. The van der Waals surface area contributed by atoms with Gasteiger partial charge in [0.1, 0.15) is 0 Å². The van der Waals surface area contributed by atoms with Crippen molar-refractivity contribution >= 4 is 6.09 Å². The molecule has 1 aromatic rings. The SMILES string of the molecule is CCOC(=O)N1CCC(NCC2COc3c(cccc3OC)C2)CC1. The van der Waals surface area contributed by atoms with E-state index >= 15 is 0 Å². The molecule has 25 heavy (non-hydrogen) atoms. The van der Waals surface area contributed by atoms with Gasteiger partial charge in [0, 0.05) is 31.6 Å². The highest BCUT2D eigenvalue weighted by atomic mass is 16.6. The Morgan fingerprint density at radius 1 is 1.36 bits per heavy atom.